The Bertz CT molecular complexity index is 207. The summed E-state index contributed by atoms with van der Waals surface area (Å²) in [6, 6.07) is 0.257. The third-order valence-corrected chi connectivity index (χ3v) is 1.22. The number of alkyl halides is 1. The second kappa shape index (κ2) is 2.77. The molecule has 1 rings (SSSR count). The highest BCUT2D eigenvalue weighted by Gasteiger charge is 2.01. The van der Waals surface area contributed by atoms with Gasteiger partial charge >= 0.3 is 0 Å². The molecule has 0 N–H and O–H groups in total. The number of hydrogen-bond donors (Lipinski definition) is 0. The SMILES string of the molecule is CC(C)n1cc(CF)nn1. The molecule has 10 heavy (non-hydrogen) atoms. The van der Waals surface area contributed by atoms with Gasteiger partial charge in [0.05, 0.1) is 6.20 Å². The van der Waals surface area contributed by atoms with Gasteiger partial charge in [0.2, 0.25) is 0 Å². The van der Waals surface area contributed by atoms with Gasteiger partial charge in [-0.05, 0) is 13.8 Å². The Morgan fingerprint density at radius 1 is 1.70 bits per heavy atom. The minimum absolute atomic E-state index is 0.257. The van der Waals surface area contributed by atoms with Crippen LogP contribution in [0, 0.1) is 0 Å². The molecule has 0 radical (unpaired) electrons. The molecule has 0 aliphatic rings. The van der Waals surface area contributed by atoms with Crippen LogP contribution in [0.5, 0.6) is 0 Å². The zero-order chi connectivity index (χ0) is 7.56. The predicted octanol–water partition coefficient (Wildman–Crippen LogP) is 1.33. The Balaban J connectivity index is 2.78. The monoisotopic (exact) mass is 143 g/mol. The maximum Gasteiger partial charge on any atom is 0.135 e. The van der Waals surface area contributed by atoms with Gasteiger partial charge in [-0.15, -0.1) is 5.10 Å². The molecule has 0 fully saturated rings. The summed E-state index contributed by atoms with van der Waals surface area (Å²) in [7, 11) is 0. The summed E-state index contributed by atoms with van der Waals surface area (Å²) < 4.78 is 13.5. The van der Waals surface area contributed by atoms with Gasteiger partial charge in [-0.2, -0.15) is 0 Å². The van der Waals surface area contributed by atoms with Crippen LogP contribution in [0.15, 0.2) is 6.20 Å². The van der Waals surface area contributed by atoms with Gasteiger partial charge in [0.1, 0.15) is 12.4 Å². The van der Waals surface area contributed by atoms with E-state index >= 15 is 0 Å². The molecule has 0 saturated heterocycles. The smallest absolute Gasteiger partial charge is 0.135 e. The molecule has 0 unspecified atom stereocenters. The average Bonchev–Trinajstić information content (AvgIpc) is 2.34. The Morgan fingerprint density at radius 3 is 2.70 bits per heavy atom. The second-order valence-electron chi connectivity index (χ2n) is 2.42. The van der Waals surface area contributed by atoms with E-state index in [0.717, 1.165) is 0 Å². The number of nitrogens with zero attached hydrogens (tertiary/aromatic N) is 3. The highest BCUT2D eigenvalue weighted by Crippen LogP contribution is 2.02. The van der Waals surface area contributed by atoms with Crippen molar-refractivity contribution in [3.05, 3.63) is 11.9 Å². The Kier molecular flexibility index (Phi) is 1.99. The lowest BCUT2D eigenvalue weighted by Gasteiger charge is -2.00. The van der Waals surface area contributed by atoms with Crippen molar-refractivity contribution in [2.75, 3.05) is 0 Å². The zero-order valence-electron chi connectivity index (χ0n) is 6.08. The minimum atomic E-state index is -0.535. The first-order valence-electron chi connectivity index (χ1n) is 3.20. The normalized spacial score (nSPS) is 10.8. The maximum atomic E-state index is 11.9. The van der Waals surface area contributed by atoms with Crippen molar-refractivity contribution in [1.82, 2.24) is 15.0 Å². The van der Waals surface area contributed by atoms with Crippen molar-refractivity contribution in [2.45, 2.75) is 26.6 Å². The van der Waals surface area contributed by atoms with Gasteiger partial charge in [0.25, 0.3) is 0 Å². The standard InChI is InChI=1S/C6H10FN3/c1-5(2)10-4-6(3-7)8-9-10/h4-5H,3H2,1-2H3. The van der Waals surface area contributed by atoms with Crippen molar-refractivity contribution in [3.63, 3.8) is 0 Å². The fraction of sp³-hybridized carbons (Fsp3) is 0.667. The third kappa shape index (κ3) is 1.32. The molecule has 1 heterocycles. The van der Waals surface area contributed by atoms with Crippen LogP contribution >= 0.6 is 0 Å². The summed E-state index contributed by atoms with van der Waals surface area (Å²) in [5, 5.41) is 7.31. The molecule has 0 aliphatic carbocycles. The van der Waals surface area contributed by atoms with E-state index in [4.69, 9.17) is 0 Å². The van der Waals surface area contributed by atoms with E-state index in [9.17, 15) is 4.39 Å². The van der Waals surface area contributed by atoms with E-state index in [1.54, 1.807) is 10.9 Å². The summed E-state index contributed by atoms with van der Waals surface area (Å²) in [6.07, 6.45) is 1.62. The lowest BCUT2D eigenvalue weighted by atomic mass is 10.4. The molecule has 56 valence electrons. The van der Waals surface area contributed by atoms with Crippen LogP contribution in [-0.4, -0.2) is 15.0 Å². The number of rotatable bonds is 2. The van der Waals surface area contributed by atoms with Gasteiger partial charge in [0, 0.05) is 6.04 Å². The van der Waals surface area contributed by atoms with E-state index in [1.807, 2.05) is 13.8 Å². The molecule has 0 atom stereocenters. The fourth-order valence-corrected chi connectivity index (χ4v) is 0.627. The summed E-state index contributed by atoms with van der Waals surface area (Å²) in [4.78, 5) is 0. The Labute approximate surface area is 58.9 Å². The minimum Gasteiger partial charge on any atom is -0.250 e. The maximum absolute atomic E-state index is 11.9. The van der Waals surface area contributed by atoms with Crippen molar-refractivity contribution < 1.29 is 4.39 Å². The molecule has 0 bridgehead atoms. The van der Waals surface area contributed by atoms with Crippen LogP contribution in [0.3, 0.4) is 0 Å². The van der Waals surface area contributed by atoms with Crippen molar-refractivity contribution in [3.8, 4) is 0 Å². The molecule has 1 aromatic rings. The molecule has 0 saturated carbocycles. The first kappa shape index (κ1) is 7.18. The predicted molar refractivity (Wildman–Crippen MR) is 35.2 cm³/mol. The van der Waals surface area contributed by atoms with Crippen molar-refractivity contribution in [2.24, 2.45) is 0 Å². The first-order valence-corrected chi connectivity index (χ1v) is 3.20. The molecular weight excluding hydrogens is 133 g/mol. The van der Waals surface area contributed by atoms with Gasteiger partial charge < -0.3 is 0 Å². The van der Waals surface area contributed by atoms with E-state index < -0.39 is 6.67 Å². The van der Waals surface area contributed by atoms with Gasteiger partial charge in [-0.25, -0.2) is 9.07 Å². The molecule has 0 spiro atoms. The lowest BCUT2D eigenvalue weighted by molar-refractivity contribution is 0.475. The number of hydrogen-bond acceptors (Lipinski definition) is 2. The summed E-state index contributed by atoms with van der Waals surface area (Å²) >= 11 is 0. The summed E-state index contributed by atoms with van der Waals surface area (Å²) in [5.41, 5.74) is 0.397. The quantitative estimate of drug-likeness (QED) is 0.625. The first-order chi connectivity index (χ1) is 4.74. The van der Waals surface area contributed by atoms with Gasteiger partial charge in [-0.1, -0.05) is 5.21 Å². The van der Waals surface area contributed by atoms with Crippen LogP contribution in [0.25, 0.3) is 0 Å². The average molecular weight is 143 g/mol. The van der Waals surface area contributed by atoms with E-state index in [0.29, 0.717) is 5.69 Å². The summed E-state index contributed by atoms with van der Waals surface area (Å²) in [5.74, 6) is 0. The highest BCUT2D eigenvalue weighted by atomic mass is 19.1. The zero-order valence-corrected chi connectivity index (χ0v) is 6.08. The van der Waals surface area contributed by atoms with E-state index in [2.05, 4.69) is 10.3 Å². The van der Waals surface area contributed by atoms with E-state index in [1.165, 1.54) is 0 Å². The van der Waals surface area contributed by atoms with Crippen molar-refractivity contribution in [1.29, 1.82) is 0 Å². The number of aromatic nitrogens is 3. The van der Waals surface area contributed by atoms with Gasteiger partial charge in [0.15, 0.2) is 0 Å². The molecule has 4 heteroatoms. The largest absolute Gasteiger partial charge is 0.250 e. The van der Waals surface area contributed by atoms with Gasteiger partial charge in [-0.3, -0.25) is 0 Å². The Hall–Kier alpha value is -0.930. The lowest BCUT2D eigenvalue weighted by Crippen LogP contribution is -2.00. The third-order valence-electron chi connectivity index (χ3n) is 1.22. The molecular formula is C6H10FN3. The van der Waals surface area contributed by atoms with E-state index in [-0.39, 0.29) is 6.04 Å². The van der Waals surface area contributed by atoms with Crippen molar-refractivity contribution >= 4 is 0 Å². The van der Waals surface area contributed by atoms with Crippen LogP contribution in [0.4, 0.5) is 4.39 Å². The Morgan fingerprint density at radius 2 is 2.40 bits per heavy atom. The van der Waals surface area contributed by atoms with Crippen LogP contribution < -0.4 is 0 Å². The van der Waals surface area contributed by atoms with Crippen LogP contribution in [0.1, 0.15) is 25.6 Å². The topological polar surface area (TPSA) is 30.7 Å². The van der Waals surface area contributed by atoms with Crippen LogP contribution in [-0.2, 0) is 6.67 Å². The molecule has 1 aromatic heterocycles. The second-order valence-corrected chi connectivity index (χ2v) is 2.42. The molecule has 3 nitrogen and oxygen atoms in total. The molecule has 0 amide bonds. The molecule has 0 aromatic carbocycles. The number of halogens is 1. The fourth-order valence-electron chi connectivity index (χ4n) is 0.627. The molecule has 0 aliphatic heterocycles. The highest BCUT2D eigenvalue weighted by molar-refractivity contribution is 4.89. The van der Waals surface area contributed by atoms with Crippen LogP contribution in [0.2, 0.25) is 0 Å². The summed E-state index contributed by atoms with van der Waals surface area (Å²) in [6.45, 7) is 3.40.